The lowest BCUT2D eigenvalue weighted by Crippen LogP contribution is -2.09. The van der Waals surface area contributed by atoms with Crippen molar-refractivity contribution < 1.29 is 4.52 Å². The van der Waals surface area contributed by atoms with Gasteiger partial charge in [-0.15, -0.1) is 0 Å². The van der Waals surface area contributed by atoms with Crippen LogP contribution in [0.3, 0.4) is 0 Å². The molecule has 2 aromatic carbocycles. The lowest BCUT2D eigenvalue weighted by atomic mass is 10.1. The van der Waals surface area contributed by atoms with Crippen molar-refractivity contribution in [2.24, 2.45) is 0 Å². The molecular formula is C22H17N5O2S. The molecular weight excluding hydrogens is 398 g/mol. The molecule has 0 aliphatic rings. The average molecular weight is 415 g/mol. The maximum Gasteiger partial charge on any atom is 0.262 e. The van der Waals surface area contributed by atoms with Crippen molar-refractivity contribution in [3.05, 3.63) is 88.5 Å². The number of nitrogens with one attached hydrogen (secondary N) is 1. The van der Waals surface area contributed by atoms with E-state index in [1.165, 1.54) is 23.5 Å². The van der Waals surface area contributed by atoms with Crippen LogP contribution in [0.2, 0.25) is 0 Å². The molecule has 3 heterocycles. The van der Waals surface area contributed by atoms with Gasteiger partial charge in [-0.05, 0) is 19.1 Å². The van der Waals surface area contributed by atoms with E-state index in [9.17, 15) is 4.79 Å². The number of benzene rings is 2. The Morgan fingerprint density at radius 2 is 1.90 bits per heavy atom. The first-order chi connectivity index (χ1) is 14.7. The van der Waals surface area contributed by atoms with E-state index in [0.29, 0.717) is 27.7 Å². The molecule has 0 atom stereocenters. The summed E-state index contributed by atoms with van der Waals surface area (Å²) in [5, 5.41) is 9.42. The van der Waals surface area contributed by atoms with Crippen LogP contribution >= 0.6 is 11.8 Å². The number of H-pyrrole nitrogens is 1. The predicted octanol–water partition coefficient (Wildman–Crippen LogP) is 4.36. The fraction of sp³-hybridized carbons (Fsp3) is 0.0909. The van der Waals surface area contributed by atoms with Gasteiger partial charge in [0.05, 0.1) is 17.6 Å². The Bertz CT molecular complexity index is 1370. The molecule has 30 heavy (non-hydrogen) atoms. The number of thioether (sulfide) groups is 1. The second-order valence-electron chi connectivity index (χ2n) is 6.83. The number of nitrogens with zero attached hydrogens (tertiary/aromatic N) is 4. The molecule has 3 aromatic heterocycles. The summed E-state index contributed by atoms with van der Waals surface area (Å²) >= 11 is 1.38. The molecule has 0 saturated carbocycles. The Balaban J connectivity index is 1.40. The van der Waals surface area contributed by atoms with Gasteiger partial charge >= 0.3 is 0 Å². The van der Waals surface area contributed by atoms with Gasteiger partial charge in [0.1, 0.15) is 16.8 Å². The van der Waals surface area contributed by atoms with Crippen LogP contribution in [-0.2, 0) is 5.75 Å². The zero-order valence-electron chi connectivity index (χ0n) is 16.1. The highest BCUT2D eigenvalue weighted by atomic mass is 32.2. The maximum absolute atomic E-state index is 12.5. The largest absolute Gasteiger partial charge is 0.360 e. The summed E-state index contributed by atoms with van der Waals surface area (Å²) in [5.74, 6) is 1.20. The number of aromatic nitrogens is 5. The summed E-state index contributed by atoms with van der Waals surface area (Å²) in [6.45, 7) is 2.04. The van der Waals surface area contributed by atoms with Crippen molar-refractivity contribution in [2.75, 3.05) is 0 Å². The third-order valence-electron chi connectivity index (χ3n) is 4.67. The summed E-state index contributed by atoms with van der Waals surface area (Å²) in [6, 6.07) is 19.6. The van der Waals surface area contributed by atoms with E-state index in [1.807, 2.05) is 67.6 Å². The second-order valence-corrected chi connectivity index (χ2v) is 7.80. The maximum atomic E-state index is 12.5. The topological polar surface area (TPSA) is 89.6 Å². The van der Waals surface area contributed by atoms with E-state index in [1.54, 1.807) is 4.68 Å². The first-order valence-corrected chi connectivity index (χ1v) is 10.3. The van der Waals surface area contributed by atoms with Gasteiger partial charge in [-0.2, -0.15) is 5.10 Å². The third kappa shape index (κ3) is 3.53. The molecule has 8 heteroatoms. The van der Waals surface area contributed by atoms with Crippen LogP contribution < -0.4 is 5.56 Å². The fourth-order valence-electron chi connectivity index (χ4n) is 3.11. The molecule has 0 saturated heterocycles. The molecule has 148 valence electrons. The number of fused-ring (bicyclic) bond motifs is 1. The molecule has 0 fully saturated rings. The molecule has 0 aliphatic heterocycles. The van der Waals surface area contributed by atoms with Gasteiger partial charge in [0.15, 0.2) is 10.8 Å². The van der Waals surface area contributed by atoms with Crippen molar-refractivity contribution in [1.82, 2.24) is 24.9 Å². The molecule has 0 radical (unpaired) electrons. The van der Waals surface area contributed by atoms with Crippen LogP contribution in [0.15, 0.2) is 81.3 Å². The highest BCUT2D eigenvalue weighted by Gasteiger charge is 2.13. The monoisotopic (exact) mass is 415 g/mol. The van der Waals surface area contributed by atoms with Gasteiger partial charge < -0.3 is 9.51 Å². The fourth-order valence-corrected chi connectivity index (χ4v) is 3.84. The smallest absolute Gasteiger partial charge is 0.262 e. The van der Waals surface area contributed by atoms with Gasteiger partial charge in [-0.3, -0.25) is 4.79 Å². The zero-order chi connectivity index (χ0) is 20.5. The van der Waals surface area contributed by atoms with Crippen LogP contribution in [0.25, 0.3) is 28.0 Å². The van der Waals surface area contributed by atoms with Crippen LogP contribution in [0, 0.1) is 6.92 Å². The number of aromatic amines is 1. The highest BCUT2D eigenvalue weighted by Crippen LogP contribution is 2.25. The highest BCUT2D eigenvalue weighted by molar-refractivity contribution is 7.98. The van der Waals surface area contributed by atoms with E-state index in [0.717, 1.165) is 16.9 Å². The number of para-hydroxylation sites is 1. The van der Waals surface area contributed by atoms with Crippen LogP contribution in [-0.4, -0.2) is 24.9 Å². The van der Waals surface area contributed by atoms with Crippen molar-refractivity contribution in [1.29, 1.82) is 0 Å². The van der Waals surface area contributed by atoms with E-state index < -0.39 is 0 Å². The third-order valence-corrected chi connectivity index (χ3v) is 5.57. The summed E-state index contributed by atoms with van der Waals surface area (Å²) in [4.78, 5) is 19.9. The summed E-state index contributed by atoms with van der Waals surface area (Å²) < 4.78 is 7.12. The van der Waals surface area contributed by atoms with Crippen molar-refractivity contribution in [3.63, 3.8) is 0 Å². The van der Waals surface area contributed by atoms with E-state index >= 15 is 0 Å². The van der Waals surface area contributed by atoms with E-state index in [-0.39, 0.29) is 5.56 Å². The first kappa shape index (κ1) is 18.4. The van der Waals surface area contributed by atoms with Crippen molar-refractivity contribution >= 4 is 22.8 Å². The molecule has 1 N–H and O–H groups in total. The zero-order valence-corrected chi connectivity index (χ0v) is 16.9. The molecule has 5 rings (SSSR count). The number of aryl methyl sites for hydroxylation is 1. The Morgan fingerprint density at radius 1 is 1.10 bits per heavy atom. The number of rotatable bonds is 5. The second kappa shape index (κ2) is 7.64. The molecule has 0 aliphatic carbocycles. The normalized spacial score (nSPS) is 11.2. The van der Waals surface area contributed by atoms with Gasteiger partial charge in [-0.25, -0.2) is 9.67 Å². The quantitative estimate of drug-likeness (QED) is 0.339. The lowest BCUT2D eigenvalue weighted by molar-refractivity contribution is 0.397. The predicted molar refractivity (Wildman–Crippen MR) is 116 cm³/mol. The Kier molecular flexibility index (Phi) is 4.68. The van der Waals surface area contributed by atoms with Crippen LogP contribution in [0.4, 0.5) is 0 Å². The Labute approximate surface area is 175 Å². The number of hydrogen-bond donors (Lipinski definition) is 1. The molecule has 5 aromatic rings. The lowest BCUT2D eigenvalue weighted by Gasteiger charge is -2.03. The molecule has 0 unspecified atom stereocenters. The van der Waals surface area contributed by atoms with Crippen molar-refractivity contribution in [3.8, 4) is 16.9 Å². The average Bonchev–Trinajstić information content (AvgIpc) is 3.41. The minimum Gasteiger partial charge on any atom is -0.360 e. The van der Waals surface area contributed by atoms with E-state index in [2.05, 4.69) is 20.2 Å². The van der Waals surface area contributed by atoms with Crippen LogP contribution in [0.5, 0.6) is 0 Å². The molecule has 0 bridgehead atoms. The minimum atomic E-state index is -0.220. The van der Waals surface area contributed by atoms with Crippen molar-refractivity contribution in [2.45, 2.75) is 17.8 Å². The summed E-state index contributed by atoms with van der Waals surface area (Å²) in [6.07, 6.45) is 1.53. The molecule has 0 amide bonds. The summed E-state index contributed by atoms with van der Waals surface area (Å²) in [5.41, 5.74) is 4.12. The van der Waals surface area contributed by atoms with Gasteiger partial charge in [0.2, 0.25) is 0 Å². The summed E-state index contributed by atoms with van der Waals surface area (Å²) in [7, 11) is 0. The SMILES string of the molecule is Cc1ccc(-c2cc(CSc3nc4c(cnn4-c4ccccc4)c(=O)[nH]3)on2)cc1. The molecule has 0 spiro atoms. The number of hydrogen-bond acceptors (Lipinski definition) is 6. The first-order valence-electron chi connectivity index (χ1n) is 9.36. The van der Waals surface area contributed by atoms with E-state index in [4.69, 9.17) is 4.52 Å². The van der Waals surface area contributed by atoms with Crippen LogP contribution in [0.1, 0.15) is 11.3 Å². The standard InChI is InChI=1S/C22H17N5O2S/c1-14-7-9-15(10-8-14)19-11-17(29-26-19)13-30-22-24-20-18(21(28)25-22)12-23-27(20)16-5-3-2-4-6-16/h2-12H,13H2,1H3,(H,24,25,28). The van der Waals surface area contributed by atoms with Gasteiger partial charge in [-0.1, -0.05) is 64.9 Å². The Morgan fingerprint density at radius 3 is 2.70 bits per heavy atom. The van der Waals surface area contributed by atoms with Gasteiger partial charge in [0, 0.05) is 11.6 Å². The Hall–Kier alpha value is -3.65. The van der Waals surface area contributed by atoms with Gasteiger partial charge in [0.25, 0.3) is 5.56 Å². The minimum absolute atomic E-state index is 0.220. The molecule has 7 nitrogen and oxygen atoms in total.